The van der Waals surface area contributed by atoms with E-state index in [1.54, 1.807) is 18.2 Å². The average Bonchev–Trinajstić information content (AvgIpc) is 2.53. The first-order valence-corrected chi connectivity index (χ1v) is 6.83. The molecule has 1 fully saturated rings. The lowest BCUT2D eigenvalue weighted by Crippen LogP contribution is -2.45. The third-order valence-corrected chi connectivity index (χ3v) is 3.48. The van der Waals surface area contributed by atoms with Crippen molar-refractivity contribution in [3.05, 3.63) is 61.0 Å². The van der Waals surface area contributed by atoms with Crippen molar-refractivity contribution in [2.75, 3.05) is 31.1 Å². The fourth-order valence-corrected chi connectivity index (χ4v) is 2.28. The van der Waals surface area contributed by atoms with Gasteiger partial charge in [0.25, 0.3) is 0 Å². The van der Waals surface area contributed by atoms with Crippen LogP contribution in [0.25, 0.3) is 0 Å². The van der Waals surface area contributed by atoms with E-state index in [4.69, 9.17) is 11.0 Å². The molecule has 0 aliphatic carbocycles. The van der Waals surface area contributed by atoms with Gasteiger partial charge < -0.3 is 20.4 Å². The average molecular weight is 287 g/mol. The van der Waals surface area contributed by atoms with Crippen molar-refractivity contribution < 1.29 is 10.1 Å². The molecule has 1 heterocycles. The largest absolute Gasteiger partial charge is 0.399 e. The molecule has 0 bridgehead atoms. The summed E-state index contributed by atoms with van der Waals surface area (Å²) in [6.07, 6.45) is 3.66. The van der Waals surface area contributed by atoms with Crippen molar-refractivity contribution in [2.45, 2.75) is 0 Å². The molecule has 112 valence electrons. The molecular weight excluding hydrogens is 266 g/mol. The number of nitrogens with zero attached hydrogens (tertiary/aromatic N) is 2. The topological polar surface area (TPSA) is 62.0 Å². The Balaban J connectivity index is 1.90. The van der Waals surface area contributed by atoms with E-state index >= 15 is 0 Å². The predicted octanol–water partition coefficient (Wildman–Crippen LogP) is 2.20. The highest BCUT2D eigenvalue weighted by atomic mass is 17.1. The highest BCUT2D eigenvalue weighted by Crippen LogP contribution is 2.21. The molecule has 5 nitrogen and oxygen atoms in total. The highest BCUT2D eigenvalue weighted by molar-refractivity contribution is 5.49. The molecule has 0 atom stereocenters. The summed E-state index contributed by atoms with van der Waals surface area (Å²) in [5.41, 5.74) is 8.11. The molecular formula is C16H21N3O2. The fourth-order valence-electron chi connectivity index (χ4n) is 2.28. The van der Waals surface area contributed by atoms with Crippen LogP contribution in [0, 0.1) is 0 Å². The van der Waals surface area contributed by atoms with Gasteiger partial charge in [0.1, 0.15) is 0 Å². The molecule has 0 amide bonds. The lowest BCUT2D eigenvalue weighted by molar-refractivity contribution is -0.137. The molecule has 3 N–H and O–H groups in total. The van der Waals surface area contributed by atoms with E-state index in [1.165, 1.54) is 0 Å². The molecule has 1 aliphatic heterocycles. The second kappa shape index (κ2) is 6.85. The minimum Gasteiger partial charge on any atom is -0.399 e. The highest BCUT2D eigenvalue weighted by Gasteiger charge is 2.17. The Labute approximate surface area is 125 Å². The van der Waals surface area contributed by atoms with Crippen LogP contribution >= 0.6 is 0 Å². The Hall–Kier alpha value is -2.40. The van der Waals surface area contributed by atoms with E-state index in [0.717, 1.165) is 37.6 Å². The number of allylic oxidation sites excluding steroid dienone is 2. The van der Waals surface area contributed by atoms with E-state index in [9.17, 15) is 0 Å². The van der Waals surface area contributed by atoms with Crippen LogP contribution < -0.4 is 15.5 Å². The van der Waals surface area contributed by atoms with Crippen LogP contribution in [-0.2, 0) is 0 Å². The standard InChI is InChI=1S/C16H21N3O2/c1-13(17)3-4-14(2)18-9-11-19(12-10-18)15-5-7-16(21-20)8-6-15/h3-8,20H,1-2,9-12,17H2/b4-3-. The van der Waals surface area contributed by atoms with Gasteiger partial charge in [-0.2, -0.15) is 0 Å². The number of anilines is 1. The maximum absolute atomic E-state index is 8.57. The van der Waals surface area contributed by atoms with Gasteiger partial charge in [-0.05, 0) is 36.4 Å². The minimum absolute atomic E-state index is 0.443. The fraction of sp³-hybridized carbons (Fsp3) is 0.250. The first-order chi connectivity index (χ1) is 10.1. The van der Waals surface area contributed by atoms with Gasteiger partial charge in [0, 0.05) is 43.3 Å². The predicted molar refractivity (Wildman–Crippen MR) is 85.1 cm³/mol. The molecule has 1 saturated heterocycles. The summed E-state index contributed by atoms with van der Waals surface area (Å²) in [7, 11) is 0. The Morgan fingerprint density at radius 2 is 1.71 bits per heavy atom. The zero-order valence-electron chi connectivity index (χ0n) is 12.0. The van der Waals surface area contributed by atoms with Crippen LogP contribution in [0.3, 0.4) is 0 Å². The van der Waals surface area contributed by atoms with Gasteiger partial charge in [0.05, 0.1) is 0 Å². The molecule has 0 saturated carbocycles. The van der Waals surface area contributed by atoms with Gasteiger partial charge in [-0.25, -0.2) is 5.26 Å². The quantitative estimate of drug-likeness (QED) is 0.494. The van der Waals surface area contributed by atoms with Gasteiger partial charge in [0.15, 0.2) is 5.75 Å². The first kappa shape index (κ1) is 15.0. The van der Waals surface area contributed by atoms with E-state index in [2.05, 4.69) is 27.8 Å². The van der Waals surface area contributed by atoms with Crippen molar-refractivity contribution in [3.63, 3.8) is 0 Å². The van der Waals surface area contributed by atoms with Crippen LogP contribution in [0.1, 0.15) is 0 Å². The lowest BCUT2D eigenvalue weighted by atomic mass is 10.2. The summed E-state index contributed by atoms with van der Waals surface area (Å²) in [4.78, 5) is 8.70. The van der Waals surface area contributed by atoms with E-state index in [1.807, 2.05) is 18.2 Å². The molecule has 2 rings (SSSR count). The zero-order chi connectivity index (χ0) is 15.2. The summed E-state index contributed by atoms with van der Waals surface area (Å²) in [6, 6.07) is 7.37. The van der Waals surface area contributed by atoms with Crippen LogP contribution in [0.5, 0.6) is 5.75 Å². The summed E-state index contributed by atoms with van der Waals surface area (Å²) in [5, 5.41) is 8.57. The van der Waals surface area contributed by atoms with Crippen LogP contribution in [-0.4, -0.2) is 36.3 Å². The van der Waals surface area contributed by atoms with Crippen molar-refractivity contribution in [1.29, 1.82) is 0 Å². The minimum atomic E-state index is 0.443. The Kier molecular flexibility index (Phi) is 4.90. The first-order valence-electron chi connectivity index (χ1n) is 6.83. The molecule has 1 aromatic carbocycles. The van der Waals surface area contributed by atoms with Crippen LogP contribution in [0.15, 0.2) is 61.0 Å². The van der Waals surface area contributed by atoms with Crippen molar-refractivity contribution in [3.8, 4) is 5.75 Å². The summed E-state index contributed by atoms with van der Waals surface area (Å²) >= 11 is 0. The van der Waals surface area contributed by atoms with Crippen LogP contribution in [0.4, 0.5) is 5.69 Å². The SMILES string of the molecule is C=C(N)/C=C\C(=C)N1CCN(c2ccc(OO)cc2)CC1. The van der Waals surface area contributed by atoms with E-state index < -0.39 is 0 Å². The number of benzene rings is 1. The Bertz CT molecular complexity index is 529. The number of hydrogen-bond donors (Lipinski definition) is 2. The number of rotatable bonds is 5. The molecule has 0 spiro atoms. The molecule has 21 heavy (non-hydrogen) atoms. The molecule has 1 aromatic rings. The molecule has 0 radical (unpaired) electrons. The van der Waals surface area contributed by atoms with E-state index in [-0.39, 0.29) is 0 Å². The smallest absolute Gasteiger partial charge is 0.165 e. The molecule has 0 unspecified atom stereocenters. The summed E-state index contributed by atoms with van der Waals surface area (Å²) < 4.78 is 0. The van der Waals surface area contributed by atoms with Crippen molar-refractivity contribution in [2.24, 2.45) is 5.73 Å². The zero-order valence-corrected chi connectivity index (χ0v) is 12.0. The normalized spacial score (nSPS) is 15.3. The maximum atomic E-state index is 8.57. The summed E-state index contributed by atoms with van der Waals surface area (Å²) in [6.45, 7) is 11.3. The Morgan fingerprint density at radius 3 is 2.24 bits per heavy atom. The van der Waals surface area contributed by atoms with Gasteiger partial charge in [-0.15, -0.1) is 0 Å². The Morgan fingerprint density at radius 1 is 1.10 bits per heavy atom. The molecule has 5 heteroatoms. The van der Waals surface area contributed by atoms with Crippen molar-refractivity contribution in [1.82, 2.24) is 4.90 Å². The monoisotopic (exact) mass is 287 g/mol. The second-order valence-corrected chi connectivity index (χ2v) is 4.96. The molecule has 0 aromatic heterocycles. The number of nitrogens with two attached hydrogens (primary N) is 1. The third-order valence-electron chi connectivity index (χ3n) is 3.48. The maximum Gasteiger partial charge on any atom is 0.165 e. The lowest BCUT2D eigenvalue weighted by Gasteiger charge is -2.37. The third kappa shape index (κ3) is 4.03. The molecule has 1 aliphatic rings. The second-order valence-electron chi connectivity index (χ2n) is 4.96. The van der Waals surface area contributed by atoms with Gasteiger partial charge in [-0.1, -0.05) is 13.2 Å². The van der Waals surface area contributed by atoms with Crippen LogP contribution in [0.2, 0.25) is 0 Å². The van der Waals surface area contributed by atoms with Gasteiger partial charge in [0.2, 0.25) is 0 Å². The van der Waals surface area contributed by atoms with Crippen molar-refractivity contribution >= 4 is 5.69 Å². The summed E-state index contributed by atoms with van der Waals surface area (Å²) in [5.74, 6) is 0.443. The number of piperazine rings is 1. The van der Waals surface area contributed by atoms with Gasteiger partial charge in [-0.3, -0.25) is 0 Å². The van der Waals surface area contributed by atoms with E-state index in [0.29, 0.717) is 11.4 Å². The number of hydrogen-bond acceptors (Lipinski definition) is 5. The van der Waals surface area contributed by atoms with Gasteiger partial charge >= 0.3 is 0 Å².